The van der Waals surface area contributed by atoms with E-state index in [1.54, 1.807) is 24.3 Å². The second kappa shape index (κ2) is 8.52. The SMILES string of the molecule is C[Se]C(CC(C)OS(=O)(=O)c1ccc(C)cc1)([Se]C)[Se]C. The Bertz CT molecular complexity index is 531. The second-order valence-corrected chi connectivity index (χ2v) is 17.1. The van der Waals surface area contributed by atoms with E-state index in [2.05, 4.69) is 17.5 Å². The molecule has 1 unspecified atom stereocenters. The molecule has 0 heterocycles. The normalized spacial score (nSPS) is 14.1. The van der Waals surface area contributed by atoms with Crippen LogP contribution in [0.1, 0.15) is 18.9 Å². The van der Waals surface area contributed by atoms with Crippen LogP contribution in [-0.4, -0.2) is 59.4 Å². The van der Waals surface area contributed by atoms with Gasteiger partial charge in [0.1, 0.15) is 0 Å². The Labute approximate surface area is 147 Å². The van der Waals surface area contributed by atoms with E-state index in [0.29, 0.717) is 47.0 Å². The van der Waals surface area contributed by atoms with Crippen molar-refractivity contribution in [1.29, 1.82) is 0 Å². The molecule has 0 radical (unpaired) electrons. The van der Waals surface area contributed by atoms with Gasteiger partial charge in [-0.3, -0.25) is 0 Å². The monoisotopic (exact) mass is 510 g/mol. The Morgan fingerprint density at radius 2 is 1.57 bits per heavy atom. The fraction of sp³-hybridized carbons (Fsp3) is 0.571. The van der Waals surface area contributed by atoms with Crippen molar-refractivity contribution in [2.24, 2.45) is 0 Å². The van der Waals surface area contributed by atoms with Gasteiger partial charge < -0.3 is 0 Å². The van der Waals surface area contributed by atoms with Crippen LogP contribution < -0.4 is 0 Å². The van der Waals surface area contributed by atoms with Crippen molar-refractivity contribution in [3.8, 4) is 0 Å². The maximum atomic E-state index is 12.3. The summed E-state index contributed by atoms with van der Waals surface area (Å²) < 4.78 is 30.4. The van der Waals surface area contributed by atoms with E-state index < -0.39 is 10.1 Å². The summed E-state index contributed by atoms with van der Waals surface area (Å²) in [5.74, 6) is 6.76. The first-order valence-electron chi connectivity index (χ1n) is 6.44. The molecular weight excluding hydrogens is 485 g/mol. The van der Waals surface area contributed by atoms with E-state index in [0.717, 1.165) is 12.0 Å². The van der Waals surface area contributed by atoms with Crippen molar-refractivity contribution >= 4 is 55.0 Å². The molecular formula is C14H22O3SSe3. The van der Waals surface area contributed by atoms with Gasteiger partial charge in [-0.1, -0.05) is 0 Å². The first kappa shape index (κ1) is 19.7. The van der Waals surface area contributed by atoms with Gasteiger partial charge in [0.15, 0.2) is 0 Å². The topological polar surface area (TPSA) is 43.4 Å². The third kappa shape index (κ3) is 5.67. The number of rotatable bonds is 8. The van der Waals surface area contributed by atoms with Gasteiger partial charge in [-0.2, -0.15) is 0 Å². The van der Waals surface area contributed by atoms with Crippen LogP contribution in [0.15, 0.2) is 29.2 Å². The summed E-state index contributed by atoms with van der Waals surface area (Å²) in [7, 11) is -3.65. The summed E-state index contributed by atoms with van der Waals surface area (Å²) in [4.78, 5) is 0.247. The Hall–Kier alpha value is 0.688. The number of hydrogen-bond acceptors (Lipinski definition) is 3. The van der Waals surface area contributed by atoms with Gasteiger partial charge in [-0.25, -0.2) is 0 Å². The molecule has 0 aliphatic carbocycles. The van der Waals surface area contributed by atoms with E-state index >= 15 is 0 Å². The van der Waals surface area contributed by atoms with Gasteiger partial charge >= 0.3 is 148 Å². The van der Waals surface area contributed by atoms with Crippen molar-refractivity contribution in [3.63, 3.8) is 0 Å². The number of hydrogen-bond donors (Lipinski definition) is 0. The van der Waals surface area contributed by atoms with Gasteiger partial charge in [0.2, 0.25) is 0 Å². The zero-order chi connectivity index (χ0) is 16.1. The molecule has 0 spiro atoms. The number of aryl methyl sites for hydroxylation is 1. The number of benzene rings is 1. The predicted molar refractivity (Wildman–Crippen MR) is 91.1 cm³/mol. The Balaban J connectivity index is 2.81. The van der Waals surface area contributed by atoms with E-state index in [1.807, 2.05) is 13.8 Å². The Morgan fingerprint density at radius 3 is 2.00 bits per heavy atom. The molecule has 0 saturated carbocycles. The molecule has 0 bridgehead atoms. The van der Waals surface area contributed by atoms with Crippen molar-refractivity contribution < 1.29 is 12.6 Å². The van der Waals surface area contributed by atoms with Crippen LogP contribution in [0.3, 0.4) is 0 Å². The Kier molecular flexibility index (Phi) is 8.00. The fourth-order valence-electron chi connectivity index (χ4n) is 1.86. The van der Waals surface area contributed by atoms with Crippen LogP contribution >= 0.6 is 0 Å². The second-order valence-electron chi connectivity index (χ2n) is 4.67. The van der Waals surface area contributed by atoms with Crippen LogP contribution in [0.25, 0.3) is 0 Å². The van der Waals surface area contributed by atoms with Gasteiger partial charge in [0.05, 0.1) is 0 Å². The summed E-state index contributed by atoms with van der Waals surface area (Å²) in [5.41, 5.74) is 1.04. The molecule has 0 fully saturated rings. The van der Waals surface area contributed by atoms with Crippen LogP contribution in [0.4, 0.5) is 0 Å². The van der Waals surface area contributed by atoms with Crippen molar-refractivity contribution in [2.45, 2.75) is 50.8 Å². The van der Waals surface area contributed by atoms with Crippen LogP contribution in [0.5, 0.6) is 0 Å². The first-order valence-corrected chi connectivity index (χ1v) is 15.6. The fourth-order valence-corrected chi connectivity index (χ4v) is 12.0. The van der Waals surface area contributed by atoms with E-state index in [1.165, 1.54) is 0 Å². The van der Waals surface area contributed by atoms with E-state index in [4.69, 9.17) is 4.18 Å². The zero-order valence-electron chi connectivity index (χ0n) is 13.0. The molecule has 3 nitrogen and oxygen atoms in total. The summed E-state index contributed by atoms with van der Waals surface area (Å²) in [6, 6.07) is 6.82. The molecule has 0 N–H and O–H groups in total. The molecule has 21 heavy (non-hydrogen) atoms. The van der Waals surface area contributed by atoms with E-state index in [-0.39, 0.29) is 11.0 Å². The van der Waals surface area contributed by atoms with Crippen LogP contribution in [-0.2, 0) is 14.3 Å². The molecule has 0 saturated heterocycles. The van der Waals surface area contributed by atoms with E-state index in [9.17, 15) is 8.42 Å². The minimum atomic E-state index is -3.65. The average Bonchev–Trinajstić information content (AvgIpc) is 2.45. The summed E-state index contributed by atoms with van der Waals surface area (Å²) in [6.45, 7) is 3.81. The third-order valence-corrected chi connectivity index (χ3v) is 20.4. The Morgan fingerprint density at radius 1 is 1.10 bits per heavy atom. The van der Waals surface area contributed by atoms with Crippen LogP contribution in [0.2, 0.25) is 19.6 Å². The standard InChI is InChI=1S/C14H22O3SSe3/c1-11-6-8-13(9-7-11)18(15,16)17-12(2)10-14(19-3,20-4)21-5/h6-9,12H,10H2,1-5H3. The zero-order valence-corrected chi connectivity index (χ0v) is 18.9. The predicted octanol–water partition coefficient (Wildman–Crippen LogP) is 2.81. The molecule has 1 rings (SSSR count). The molecule has 1 atom stereocenters. The third-order valence-electron chi connectivity index (χ3n) is 3.07. The first-order chi connectivity index (χ1) is 9.78. The van der Waals surface area contributed by atoms with Crippen molar-refractivity contribution in [1.82, 2.24) is 0 Å². The average molecular weight is 507 g/mol. The van der Waals surface area contributed by atoms with Crippen molar-refractivity contribution in [3.05, 3.63) is 29.8 Å². The van der Waals surface area contributed by atoms with Crippen molar-refractivity contribution in [2.75, 3.05) is 0 Å². The quantitative estimate of drug-likeness (QED) is 0.402. The summed E-state index contributed by atoms with van der Waals surface area (Å²) in [5, 5.41) is 0. The molecule has 1 aromatic carbocycles. The van der Waals surface area contributed by atoms with Gasteiger partial charge in [0, 0.05) is 0 Å². The van der Waals surface area contributed by atoms with Crippen LogP contribution in [0, 0.1) is 6.92 Å². The molecule has 7 heteroatoms. The molecule has 0 amide bonds. The van der Waals surface area contributed by atoms with Gasteiger partial charge in [-0.05, 0) is 0 Å². The van der Waals surface area contributed by atoms with Gasteiger partial charge in [-0.15, -0.1) is 0 Å². The molecule has 0 aliphatic rings. The molecule has 1 aromatic rings. The molecule has 120 valence electrons. The minimum absolute atomic E-state index is 0.247. The molecule has 0 aromatic heterocycles. The summed E-state index contributed by atoms with van der Waals surface area (Å²) >= 11 is 1.59. The summed E-state index contributed by atoms with van der Waals surface area (Å²) in [6.07, 6.45) is 0.587. The maximum absolute atomic E-state index is 12.3. The van der Waals surface area contributed by atoms with Gasteiger partial charge in [0.25, 0.3) is 0 Å². The molecule has 0 aliphatic heterocycles.